The molecule has 98 valence electrons. The summed E-state index contributed by atoms with van der Waals surface area (Å²) >= 11 is 12.1. The van der Waals surface area contributed by atoms with Gasteiger partial charge in [0.1, 0.15) is 0 Å². The molecule has 1 unspecified atom stereocenters. The first-order valence-corrected chi connectivity index (χ1v) is 7.57. The van der Waals surface area contributed by atoms with E-state index in [4.69, 9.17) is 23.2 Å². The van der Waals surface area contributed by atoms with E-state index < -0.39 is 0 Å². The largest absolute Gasteiger partial charge is 1.00 e. The van der Waals surface area contributed by atoms with Crippen molar-refractivity contribution in [1.82, 2.24) is 0 Å². The molecule has 2 rings (SSSR count). The summed E-state index contributed by atoms with van der Waals surface area (Å²) in [7, 11) is 0.0359. The summed E-state index contributed by atoms with van der Waals surface area (Å²) in [5.74, 6) is 0. The monoisotopic (exact) mass is 317 g/mol. The molecule has 0 N–H and O–H groups in total. The summed E-state index contributed by atoms with van der Waals surface area (Å²) in [6.45, 7) is 4.05. The number of benzene rings is 2. The zero-order valence-corrected chi connectivity index (χ0v) is 14.1. The molecule has 1 nitrogen and oxygen atoms in total. The minimum Gasteiger partial charge on any atom is -0.289 e. The zero-order chi connectivity index (χ0) is 14.0. The van der Waals surface area contributed by atoms with Gasteiger partial charge in [0.2, 0.25) is 0 Å². The Kier molecular flexibility index (Phi) is 6.79. The van der Waals surface area contributed by atoms with Crippen molar-refractivity contribution in [1.29, 1.82) is 0 Å². The SMILES string of the molecule is Cc1ccc(PC(=O)c2c(Cl)cccc2Cl)c(C)c1.[Li+]. The van der Waals surface area contributed by atoms with E-state index in [0.717, 1.165) is 10.9 Å². The predicted molar refractivity (Wildman–Crippen MR) is 84.7 cm³/mol. The van der Waals surface area contributed by atoms with E-state index in [0.29, 0.717) is 15.6 Å². The molecule has 0 amide bonds. The van der Waals surface area contributed by atoms with Crippen molar-refractivity contribution in [3.63, 3.8) is 0 Å². The second-order valence-corrected chi connectivity index (χ2v) is 6.43. The average molecular weight is 318 g/mol. The van der Waals surface area contributed by atoms with Crippen molar-refractivity contribution in [3.05, 3.63) is 63.1 Å². The third kappa shape index (κ3) is 4.11. The number of halogens is 2. The molecule has 0 saturated carbocycles. The summed E-state index contributed by atoms with van der Waals surface area (Å²) in [6, 6.07) is 11.2. The molecule has 0 aromatic heterocycles. The molecule has 2 aromatic carbocycles. The van der Waals surface area contributed by atoms with Gasteiger partial charge in [-0.05, 0) is 45.4 Å². The third-order valence-electron chi connectivity index (χ3n) is 2.82. The van der Waals surface area contributed by atoms with E-state index in [1.54, 1.807) is 18.2 Å². The average Bonchev–Trinajstić information content (AvgIpc) is 2.32. The van der Waals surface area contributed by atoms with Gasteiger partial charge in [-0.15, -0.1) is 0 Å². The summed E-state index contributed by atoms with van der Waals surface area (Å²) in [4.78, 5) is 12.3. The molecular weight excluding hydrogens is 305 g/mol. The molecule has 5 heteroatoms. The standard InChI is InChI=1S/C15H13Cl2OP.Li/c1-9-6-7-13(10(2)8-9)19-15(18)14-11(16)4-3-5-12(14)17;/h3-8,19H,1-2H3;/q;+1. The maximum atomic E-state index is 12.3. The number of rotatable bonds is 3. The van der Waals surface area contributed by atoms with Crippen LogP contribution in [0.5, 0.6) is 0 Å². The number of hydrogen-bond acceptors (Lipinski definition) is 1. The van der Waals surface area contributed by atoms with Crippen molar-refractivity contribution in [2.75, 3.05) is 0 Å². The van der Waals surface area contributed by atoms with Crippen LogP contribution in [-0.2, 0) is 0 Å². The fourth-order valence-electron chi connectivity index (χ4n) is 1.85. The Labute approximate surface area is 143 Å². The maximum absolute atomic E-state index is 12.3. The van der Waals surface area contributed by atoms with E-state index in [9.17, 15) is 4.79 Å². The smallest absolute Gasteiger partial charge is 0.289 e. The molecule has 1 atom stereocenters. The van der Waals surface area contributed by atoms with Gasteiger partial charge < -0.3 is 0 Å². The number of carbonyl (C=O) groups is 1. The van der Waals surface area contributed by atoms with Gasteiger partial charge in [0, 0.05) is 0 Å². The molecule has 20 heavy (non-hydrogen) atoms. The van der Waals surface area contributed by atoms with E-state index in [1.165, 1.54) is 5.56 Å². The first-order valence-electron chi connectivity index (χ1n) is 5.81. The van der Waals surface area contributed by atoms with E-state index in [1.807, 2.05) is 26.0 Å². The molecule has 0 aliphatic heterocycles. The third-order valence-corrected chi connectivity index (χ3v) is 4.76. The Bertz CT molecular complexity index is 624. The van der Waals surface area contributed by atoms with Gasteiger partial charge in [0.25, 0.3) is 0 Å². The molecule has 2 aromatic rings. The molecule has 0 saturated heterocycles. The van der Waals surface area contributed by atoms with Crippen LogP contribution in [0.4, 0.5) is 0 Å². The topological polar surface area (TPSA) is 17.1 Å². The Morgan fingerprint density at radius 2 is 1.65 bits per heavy atom. The zero-order valence-electron chi connectivity index (χ0n) is 11.6. The number of aryl methyl sites for hydroxylation is 2. The van der Waals surface area contributed by atoms with Gasteiger partial charge in [-0.3, -0.25) is 4.79 Å². The van der Waals surface area contributed by atoms with Gasteiger partial charge in [-0.25, -0.2) is 0 Å². The van der Waals surface area contributed by atoms with Crippen LogP contribution in [0.25, 0.3) is 0 Å². The van der Waals surface area contributed by atoms with Gasteiger partial charge in [0.15, 0.2) is 5.52 Å². The molecule has 0 aliphatic carbocycles. The fourth-order valence-corrected chi connectivity index (χ4v) is 3.66. The quantitative estimate of drug-likeness (QED) is 0.623. The Balaban J connectivity index is 0.00000200. The van der Waals surface area contributed by atoms with Gasteiger partial charge >= 0.3 is 18.9 Å². The molecule has 0 aliphatic rings. The number of hydrogen-bond donors (Lipinski definition) is 0. The van der Waals surface area contributed by atoms with Crippen LogP contribution in [0.15, 0.2) is 36.4 Å². The molecule has 0 radical (unpaired) electrons. The Morgan fingerprint density at radius 1 is 1.05 bits per heavy atom. The minimum absolute atomic E-state index is 0. The number of carbonyl (C=O) groups excluding carboxylic acids is 1. The fraction of sp³-hybridized carbons (Fsp3) is 0.133. The summed E-state index contributed by atoms with van der Waals surface area (Å²) in [6.07, 6.45) is 0. The van der Waals surface area contributed by atoms with Crippen molar-refractivity contribution in [3.8, 4) is 0 Å². The van der Waals surface area contributed by atoms with Crippen LogP contribution in [0.3, 0.4) is 0 Å². The maximum Gasteiger partial charge on any atom is 1.00 e. The van der Waals surface area contributed by atoms with E-state index in [-0.39, 0.29) is 33.0 Å². The van der Waals surface area contributed by atoms with Gasteiger partial charge in [0.05, 0.1) is 15.6 Å². The molecule has 0 spiro atoms. The summed E-state index contributed by atoms with van der Waals surface area (Å²) < 4.78 is 0. The second kappa shape index (κ2) is 7.65. The molecule has 0 bridgehead atoms. The van der Waals surface area contributed by atoms with Gasteiger partial charge in [-0.2, -0.15) is 0 Å². The van der Waals surface area contributed by atoms with E-state index in [2.05, 4.69) is 6.07 Å². The first kappa shape index (κ1) is 17.8. The Hall–Kier alpha value is -0.283. The van der Waals surface area contributed by atoms with Crippen molar-refractivity contribution >= 4 is 42.6 Å². The first-order chi connectivity index (χ1) is 8.99. The van der Waals surface area contributed by atoms with Crippen molar-refractivity contribution in [2.24, 2.45) is 0 Å². The normalized spacial score (nSPS) is 10.6. The molecule has 0 heterocycles. The predicted octanol–water partition coefficient (Wildman–Crippen LogP) is 1.76. The van der Waals surface area contributed by atoms with Crippen molar-refractivity contribution in [2.45, 2.75) is 13.8 Å². The van der Waals surface area contributed by atoms with Crippen LogP contribution >= 0.6 is 31.8 Å². The molecular formula is C15H13Cl2LiOP+. The molecule has 0 fully saturated rings. The van der Waals surface area contributed by atoms with Crippen LogP contribution in [0, 0.1) is 13.8 Å². The Morgan fingerprint density at radius 3 is 2.20 bits per heavy atom. The minimum atomic E-state index is -0.0254. The van der Waals surface area contributed by atoms with Crippen LogP contribution in [-0.4, -0.2) is 5.52 Å². The van der Waals surface area contributed by atoms with Crippen molar-refractivity contribution < 1.29 is 23.7 Å². The van der Waals surface area contributed by atoms with Crippen LogP contribution in [0.2, 0.25) is 10.0 Å². The van der Waals surface area contributed by atoms with Crippen LogP contribution in [0.1, 0.15) is 21.5 Å². The van der Waals surface area contributed by atoms with E-state index >= 15 is 0 Å². The van der Waals surface area contributed by atoms with Gasteiger partial charge in [-0.1, -0.05) is 53.0 Å². The summed E-state index contributed by atoms with van der Waals surface area (Å²) in [5.41, 5.74) is 2.70. The summed E-state index contributed by atoms with van der Waals surface area (Å²) in [5, 5.41) is 1.86. The van der Waals surface area contributed by atoms with Crippen LogP contribution < -0.4 is 24.2 Å². The second-order valence-electron chi connectivity index (χ2n) is 4.37.